The number of piperidine rings is 1. The Hall–Kier alpha value is -0.610. The molecule has 0 aromatic rings. The van der Waals surface area contributed by atoms with Crippen molar-refractivity contribution in [2.75, 3.05) is 33.8 Å². The van der Waals surface area contributed by atoms with Crippen LogP contribution < -0.4 is 5.32 Å². The number of likely N-dealkylation sites (N-methyl/N-ethyl adjacent to an activating group) is 1. The van der Waals surface area contributed by atoms with Gasteiger partial charge < -0.3 is 15.0 Å². The van der Waals surface area contributed by atoms with Crippen LogP contribution in [-0.4, -0.2) is 50.2 Å². The van der Waals surface area contributed by atoms with E-state index in [-0.39, 0.29) is 11.4 Å². The average molecular weight is 256 g/mol. The molecule has 4 heteroatoms. The summed E-state index contributed by atoms with van der Waals surface area (Å²) in [6.07, 6.45) is 3.19. The van der Waals surface area contributed by atoms with Crippen LogP contribution in [0, 0.1) is 5.41 Å². The molecule has 18 heavy (non-hydrogen) atoms. The van der Waals surface area contributed by atoms with Crippen molar-refractivity contribution in [2.24, 2.45) is 5.41 Å². The van der Waals surface area contributed by atoms with E-state index in [0.29, 0.717) is 6.61 Å². The van der Waals surface area contributed by atoms with Crippen LogP contribution in [0.25, 0.3) is 0 Å². The standard InChI is InChI=1S/C14H28N2O2/c1-6-13(2)8-7-9-15-14(13,3)12(17)18-11-10-16(4)5/h15H,6-11H2,1-5H3. The Balaban J connectivity index is 2.67. The maximum absolute atomic E-state index is 12.4. The number of nitrogens with one attached hydrogen (secondary N) is 1. The van der Waals surface area contributed by atoms with Gasteiger partial charge in [-0.25, -0.2) is 0 Å². The van der Waals surface area contributed by atoms with Gasteiger partial charge in [0.05, 0.1) is 0 Å². The van der Waals surface area contributed by atoms with Crippen molar-refractivity contribution < 1.29 is 9.53 Å². The van der Waals surface area contributed by atoms with E-state index in [1.807, 2.05) is 25.9 Å². The molecule has 1 aliphatic heterocycles. The highest BCUT2D eigenvalue weighted by molar-refractivity contribution is 5.81. The first-order valence-electron chi connectivity index (χ1n) is 6.93. The third-order valence-electron chi connectivity index (χ3n) is 4.55. The topological polar surface area (TPSA) is 41.6 Å². The lowest BCUT2D eigenvalue weighted by Crippen LogP contribution is -2.63. The number of ether oxygens (including phenoxy) is 1. The van der Waals surface area contributed by atoms with Gasteiger partial charge in [-0.2, -0.15) is 0 Å². The zero-order chi connectivity index (χ0) is 13.8. The maximum atomic E-state index is 12.4. The highest BCUT2D eigenvalue weighted by Gasteiger charge is 2.51. The van der Waals surface area contributed by atoms with Crippen LogP contribution in [0.5, 0.6) is 0 Å². The average Bonchev–Trinajstić information content (AvgIpc) is 2.32. The van der Waals surface area contributed by atoms with Crippen LogP contribution in [0.3, 0.4) is 0 Å². The molecule has 0 aromatic heterocycles. The first kappa shape index (κ1) is 15.4. The molecule has 0 bridgehead atoms. The second-order valence-electron chi connectivity index (χ2n) is 6.01. The molecule has 2 unspecified atom stereocenters. The second kappa shape index (κ2) is 6.02. The Bertz CT molecular complexity index is 294. The Kier molecular flexibility index (Phi) is 5.17. The zero-order valence-corrected chi connectivity index (χ0v) is 12.5. The SMILES string of the molecule is CCC1(C)CCCNC1(C)C(=O)OCCN(C)C. The minimum absolute atomic E-state index is 0.0134. The summed E-state index contributed by atoms with van der Waals surface area (Å²) in [5.74, 6) is -0.103. The summed E-state index contributed by atoms with van der Waals surface area (Å²) < 4.78 is 5.45. The number of hydrogen-bond donors (Lipinski definition) is 1. The molecular weight excluding hydrogens is 228 g/mol. The normalized spacial score (nSPS) is 32.6. The summed E-state index contributed by atoms with van der Waals surface area (Å²) in [7, 11) is 3.95. The number of carbonyl (C=O) groups is 1. The zero-order valence-electron chi connectivity index (χ0n) is 12.5. The maximum Gasteiger partial charge on any atom is 0.326 e. The van der Waals surface area contributed by atoms with Gasteiger partial charge in [0.15, 0.2) is 0 Å². The van der Waals surface area contributed by atoms with E-state index in [0.717, 1.165) is 32.4 Å². The Morgan fingerprint density at radius 2 is 2.06 bits per heavy atom. The van der Waals surface area contributed by atoms with E-state index in [4.69, 9.17) is 4.74 Å². The number of nitrogens with zero attached hydrogens (tertiary/aromatic N) is 1. The number of esters is 1. The summed E-state index contributed by atoms with van der Waals surface area (Å²) in [5.41, 5.74) is -0.563. The Labute approximate surface area is 111 Å². The molecule has 0 aliphatic carbocycles. The van der Waals surface area contributed by atoms with Crippen molar-refractivity contribution in [2.45, 2.75) is 45.6 Å². The first-order valence-corrected chi connectivity index (χ1v) is 6.93. The van der Waals surface area contributed by atoms with E-state index in [2.05, 4.69) is 19.2 Å². The monoisotopic (exact) mass is 256 g/mol. The van der Waals surface area contributed by atoms with Gasteiger partial charge >= 0.3 is 5.97 Å². The van der Waals surface area contributed by atoms with E-state index in [1.54, 1.807) is 0 Å². The Morgan fingerprint density at radius 1 is 1.39 bits per heavy atom. The van der Waals surface area contributed by atoms with Gasteiger partial charge in [0.1, 0.15) is 12.1 Å². The third-order valence-corrected chi connectivity index (χ3v) is 4.55. The van der Waals surface area contributed by atoms with Gasteiger partial charge in [-0.05, 0) is 52.2 Å². The smallest absolute Gasteiger partial charge is 0.326 e. The predicted molar refractivity (Wildman–Crippen MR) is 73.6 cm³/mol. The van der Waals surface area contributed by atoms with Gasteiger partial charge in [0.25, 0.3) is 0 Å². The molecule has 0 spiro atoms. The summed E-state index contributed by atoms with van der Waals surface area (Å²) in [4.78, 5) is 14.4. The molecule has 1 rings (SSSR count). The molecule has 0 radical (unpaired) electrons. The number of rotatable bonds is 5. The first-order chi connectivity index (χ1) is 8.35. The summed E-state index contributed by atoms with van der Waals surface area (Å²) in [6.45, 7) is 8.46. The quantitative estimate of drug-likeness (QED) is 0.760. The molecule has 1 saturated heterocycles. The summed E-state index contributed by atoms with van der Waals surface area (Å²) in [5, 5.41) is 3.39. The number of carbonyl (C=O) groups excluding carboxylic acids is 1. The lowest BCUT2D eigenvalue weighted by Gasteiger charge is -2.48. The van der Waals surface area contributed by atoms with Crippen molar-refractivity contribution in [1.82, 2.24) is 10.2 Å². The fourth-order valence-corrected chi connectivity index (χ4v) is 2.59. The molecule has 0 amide bonds. The molecule has 1 fully saturated rings. The molecule has 1 N–H and O–H groups in total. The van der Waals surface area contributed by atoms with Crippen molar-refractivity contribution >= 4 is 5.97 Å². The summed E-state index contributed by atoms with van der Waals surface area (Å²) >= 11 is 0. The molecule has 1 aliphatic rings. The molecule has 0 aromatic carbocycles. The van der Waals surface area contributed by atoms with Crippen LogP contribution in [0.15, 0.2) is 0 Å². The van der Waals surface area contributed by atoms with Gasteiger partial charge in [-0.1, -0.05) is 13.8 Å². The van der Waals surface area contributed by atoms with Crippen molar-refractivity contribution in [3.63, 3.8) is 0 Å². The Morgan fingerprint density at radius 3 is 2.61 bits per heavy atom. The van der Waals surface area contributed by atoms with E-state index >= 15 is 0 Å². The van der Waals surface area contributed by atoms with E-state index < -0.39 is 5.54 Å². The largest absolute Gasteiger partial charge is 0.463 e. The van der Waals surface area contributed by atoms with Crippen LogP contribution in [-0.2, 0) is 9.53 Å². The van der Waals surface area contributed by atoms with Gasteiger partial charge in [0.2, 0.25) is 0 Å². The lowest BCUT2D eigenvalue weighted by molar-refractivity contribution is -0.159. The summed E-state index contributed by atoms with van der Waals surface area (Å²) in [6, 6.07) is 0. The van der Waals surface area contributed by atoms with E-state index in [9.17, 15) is 4.79 Å². The highest BCUT2D eigenvalue weighted by Crippen LogP contribution is 2.42. The van der Waals surface area contributed by atoms with Crippen molar-refractivity contribution in [1.29, 1.82) is 0 Å². The highest BCUT2D eigenvalue weighted by atomic mass is 16.5. The minimum Gasteiger partial charge on any atom is -0.463 e. The van der Waals surface area contributed by atoms with Crippen molar-refractivity contribution in [3.8, 4) is 0 Å². The molecule has 4 nitrogen and oxygen atoms in total. The van der Waals surface area contributed by atoms with Crippen LogP contribution in [0.1, 0.15) is 40.0 Å². The molecule has 2 atom stereocenters. The third kappa shape index (κ3) is 3.04. The second-order valence-corrected chi connectivity index (χ2v) is 6.01. The molecule has 1 heterocycles. The van der Waals surface area contributed by atoms with E-state index in [1.165, 1.54) is 0 Å². The number of hydrogen-bond acceptors (Lipinski definition) is 4. The van der Waals surface area contributed by atoms with Gasteiger partial charge in [0, 0.05) is 6.54 Å². The van der Waals surface area contributed by atoms with Crippen LogP contribution in [0.4, 0.5) is 0 Å². The fraction of sp³-hybridized carbons (Fsp3) is 0.929. The predicted octanol–water partition coefficient (Wildman–Crippen LogP) is 1.65. The lowest BCUT2D eigenvalue weighted by atomic mass is 9.65. The molecule has 0 saturated carbocycles. The van der Waals surface area contributed by atoms with Crippen LogP contribution >= 0.6 is 0 Å². The van der Waals surface area contributed by atoms with Gasteiger partial charge in [-0.3, -0.25) is 4.79 Å². The van der Waals surface area contributed by atoms with Crippen molar-refractivity contribution in [3.05, 3.63) is 0 Å². The van der Waals surface area contributed by atoms with Gasteiger partial charge in [-0.15, -0.1) is 0 Å². The fourth-order valence-electron chi connectivity index (χ4n) is 2.59. The van der Waals surface area contributed by atoms with Crippen LogP contribution in [0.2, 0.25) is 0 Å². The molecule has 106 valence electrons. The molecular formula is C14H28N2O2. The minimum atomic E-state index is -0.549.